The maximum Gasteiger partial charge on any atom is 0.184 e. The molecule has 1 aromatic heterocycles. The van der Waals surface area contributed by atoms with Crippen LogP contribution in [0, 0.1) is 12.8 Å². The lowest BCUT2D eigenvalue weighted by Crippen LogP contribution is -2.46. The van der Waals surface area contributed by atoms with Crippen LogP contribution in [0.15, 0.2) is 18.3 Å². The van der Waals surface area contributed by atoms with Crippen molar-refractivity contribution in [2.24, 2.45) is 5.92 Å². The van der Waals surface area contributed by atoms with Gasteiger partial charge in [0.05, 0.1) is 5.60 Å². The molecule has 0 saturated carbocycles. The summed E-state index contributed by atoms with van der Waals surface area (Å²) >= 11 is 0. The number of aryl methyl sites for hydroxylation is 1. The highest BCUT2D eigenvalue weighted by atomic mass is 16.5. The molecule has 0 N–H and O–H groups in total. The fourth-order valence-corrected chi connectivity index (χ4v) is 3.28. The lowest BCUT2D eigenvalue weighted by Gasteiger charge is -2.42. The molecular weight excluding hydrogens is 254 g/mol. The van der Waals surface area contributed by atoms with E-state index in [-0.39, 0.29) is 17.3 Å². The molecule has 2 fully saturated rings. The summed E-state index contributed by atoms with van der Waals surface area (Å²) in [6, 6.07) is 3.82. The molecule has 4 heteroatoms. The second kappa shape index (κ2) is 5.62. The zero-order chi connectivity index (χ0) is 14.0. The minimum atomic E-state index is -0.139. The minimum absolute atomic E-state index is 0.0375. The quantitative estimate of drug-likeness (QED) is 0.778. The molecule has 1 aromatic rings. The lowest BCUT2D eigenvalue weighted by molar-refractivity contribution is -0.142. The number of hydrogen-bond acceptors (Lipinski definition) is 4. The molecule has 1 spiro atoms. The van der Waals surface area contributed by atoms with E-state index in [1.165, 1.54) is 0 Å². The van der Waals surface area contributed by atoms with Gasteiger partial charge in [0, 0.05) is 31.9 Å². The van der Waals surface area contributed by atoms with Crippen molar-refractivity contribution in [1.29, 1.82) is 0 Å². The van der Waals surface area contributed by atoms with E-state index >= 15 is 0 Å². The van der Waals surface area contributed by atoms with E-state index in [4.69, 9.17) is 9.47 Å². The lowest BCUT2D eigenvalue weighted by atomic mass is 9.78. The number of nitrogens with zero attached hydrogens (tertiary/aromatic N) is 1. The second-order valence-corrected chi connectivity index (χ2v) is 5.87. The Morgan fingerprint density at radius 1 is 1.35 bits per heavy atom. The molecule has 0 aliphatic carbocycles. The van der Waals surface area contributed by atoms with E-state index in [0.717, 1.165) is 44.5 Å². The summed E-state index contributed by atoms with van der Waals surface area (Å²) in [6.07, 6.45) is 5.11. The highest BCUT2D eigenvalue weighted by Crippen LogP contribution is 2.38. The van der Waals surface area contributed by atoms with Crippen LogP contribution < -0.4 is 0 Å². The van der Waals surface area contributed by atoms with Gasteiger partial charge >= 0.3 is 0 Å². The molecule has 20 heavy (non-hydrogen) atoms. The normalized spacial score (nSPS) is 25.6. The van der Waals surface area contributed by atoms with E-state index in [2.05, 4.69) is 4.98 Å². The Kier molecular flexibility index (Phi) is 3.85. The molecule has 0 radical (unpaired) electrons. The van der Waals surface area contributed by atoms with Gasteiger partial charge < -0.3 is 9.47 Å². The van der Waals surface area contributed by atoms with Crippen LogP contribution in [0.4, 0.5) is 0 Å². The number of carbonyl (C=O) groups excluding carboxylic acids is 1. The van der Waals surface area contributed by atoms with Gasteiger partial charge in [0.2, 0.25) is 0 Å². The van der Waals surface area contributed by atoms with Crippen molar-refractivity contribution < 1.29 is 14.3 Å². The Morgan fingerprint density at radius 3 is 2.90 bits per heavy atom. The Bertz CT molecular complexity index is 489. The van der Waals surface area contributed by atoms with Crippen molar-refractivity contribution in [3.8, 4) is 0 Å². The average Bonchev–Trinajstić information content (AvgIpc) is 2.48. The Balaban J connectivity index is 1.77. The van der Waals surface area contributed by atoms with Gasteiger partial charge in [0.15, 0.2) is 5.78 Å². The largest absolute Gasteiger partial charge is 0.381 e. The summed E-state index contributed by atoms with van der Waals surface area (Å²) < 4.78 is 11.4. The predicted octanol–water partition coefficient (Wildman–Crippen LogP) is 2.55. The highest BCUT2D eigenvalue weighted by molar-refractivity contribution is 5.97. The fraction of sp³-hybridized carbons (Fsp3) is 0.625. The van der Waals surface area contributed by atoms with Crippen molar-refractivity contribution in [3.05, 3.63) is 29.6 Å². The minimum Gasteiger partial charge on any atom is -0.381 e. The number of ether oxygens (including phenoxy) is 2. The van der Waals surface area contributed by atoms with E-state index in [0.29, 0.717) is 12.3 Å². The van der Waals surface area contributed by atoms with Crippen molar-refractivity contribution in [1.82, 2.24) is 4.98 Å². The second-order valence-electron chi connectivity index (χ2n) is 5.87. The van der Waals surface area contributed by atoms with Gasteiger partial charge in [0.1, 0.15) is 5.69 Å². The molecule has 1 atom stereocenters. The molecule has 3 rings (SSSR count). The summed E-state index contributed by atoms with van der Waals surface area (Å²) in [5.41, 5.74) is 1.45. The first-order chi connectivity index (χ1) is 9.70. The van der Waals surface area contributed by atoms with Crippen LogP contribution in [0.5, 0.6) is 0 Å². The molecule has 0 aromatic carbocycles. The Labute approximate surface area is 119 Å². The third kappa shape index (κ3) is 2.63. The molecule has 108 valence electrons. The van der Waals surface area contributed by atoms with Gasteiger partial charge in [-0.15, -0.1) is 0 Å². The van der Waals surface area contributed by atoms with Crippen LogP contribution in [0.1, 0.15) is 41.7 Å². The highest BCUT2D eigenvalue weighted by Gasteiger charge is 2.41. The maximum absolute atomic E-state index is 12.7. The van der Waals surface area contributed by atoms with Gasteiger partial charge in [-0.1, -0.05) is 6.07 Å². The van der Waals surface area contributed by atoms with Crippen LogP contribution in [-0.2, 0) is 9.47 Å². The van der Waals surface area contributed by atoms with Crippen LogP contribution >= 0.6 is 0 Å². The van der Waals surface area contributed by atoms with E-state index in [1.807, 2.05) is 19.1 Å². The topological polar surface area (TPSA) is 48.4 Å². The summed E-state index contributed by atoms with van der Waals surface area (Å²) in [5, 5.41) is 0. The molecule has 4 nitrogen and oxygen atoms in total. The van der Waals surface area contributed by atoms with Crippen molar-refractivity contribution in [2.75, 3.05) is 19.8 Å². The fourth-order valence-electron chi connectivity index (χ4n) is 3.28. The van der Waals surface area contributed by atoms with Gasteiger partial charge in [-0.05, 0) is 44.2 Å². The number of pyridine rings is 1. The van der Waals surface area contributed by atoms with Crippen molar-refractivity contribution in [3.63, 3.8) is 0 Å². The SMILES string of the molecule is Cc1cccnc1C(=O)C1CCOC2(CCOCC2)C1. The average molecular weight is 275 g/mol. The molecule has 2 saturated heterocycles. The number of hydrogen-bond donors (Lipinski definition) is 0. The van der Waals surface area contributed by atoms with E-state index in [1.54, 1.807) is 6.20 Å². The molecule has 0 amide bonds. The van der Waals surface area contributed by atoms with E-state index in [9.17, 15) is 4.79 Å². The first-order valence-corrected chi connectivity index (χ1v) is 7.38. The summed E-state index contributed by atoms with van der Waals surface area (Å²) in [4.78, 5) is 17.0. The molecule has 0 bridgehead atoms. The molecule has 2 aliphatic heterocycles. The summed E-state index contributed by atoms with van der Waals surface area (Å²) in [5.74, 6) is 0.215. The number of aromatic nitrogens is 1. The molecule has 3 heterocycles. The van der Waals surface area contributed by atoms with Crippen LogP contribution in [0.3, 0.4) is 0 Å². The number of carbonyl (C=O) groups is 1. The van der Waals surface area contributed by atoms with Gasteiger partial charge in [-0.25, -0.2) is 0 Å². The zero-order valence-corrected chi connectivity index (χ0v) is 11.9. The van der Waals surface area contributed by atoms with Crippen molar-refractivity contribution in [2.45, 2.75) is 38.2 Å². The smallest absolute Gasteiger partial charge is 0.184 e. The van der Waals surface area contributed by atoms with Crippen molar-refractivity contribution >= 4 is 5.78 Å². The number of ketones is 1. The standard InChI is InChI=1S/C16H21NO3/c1-12-3-2-7-17-14(12)15(18)13-4-8-20-16(11-13)5-9-19-10-6-16/h2-3,7,13H,4-6,8-11H2,1H3. The number of Topliss-reactive ketones (excluding diaryl/α,β-unsaturated/α-hetero) is 1. The first kappa shape index (κ1) is 13.7. The first-order valence-electron chi connectivity index (χ1n) is 7.38. The summed E-state index contributed by atoms with van der Waals surface area (Å²) in [7, 11) is 0. The maximum atomic E-state index is 12.7. The van der Waals surface area contributed by atoms with Crippen LogP contribution in [0.25, 0.3) is 0 Å². The predicted molar refractivity (Wildman–Crippen MR) is 74.8 cm³/mol. The van der Waals surface area contributed by atoms with Gasteiger partial charge in [-0.3, -0.25) is 9.78 Å². The molecule has 1 unspecified atom stereocenters. The third-order valence-electron chi connectivity index (χ3n) is 4.51. The monoisotopic (exact) mass is 275 g/mol. The zero-order valence-electron chi connectivity index (χ0n) is 11.9. The summed E-state index contributed by atoms with van der Waals surface area (Å²) in [6.45, 7) is 4.10. The molecule has 2 aliphatic rings. The Hall–Kier alpha value is -1.26. The van der Waals surface area contributed by atoms with Gasteiger partial charge in [0.25, 0.3) is 0 Å². The van der Waals surface area contributed by atoms with Crippen LogP contribution in [0.2, 0.25) is 0 Å². The number of rotatable bonds is 2. The van der Waals surface area contributed by atoms with E-state index < -0.39 is 0 Å². The Morgan fingerprint density at radius 2 is 2.15 bits per heavy atom. The van der Waals surface area contributed by atoms with Crippen LogP contribution in [-0.4, -0.2) is 36.2 Å². The van der Waals surface area contributed by atoms with Gasteiger partial charge in [-0.2, -0.15) is 0 Å². The third-order valence-corrected chi connectivity index (χ3v) is 4.51. The molecular formula is C16H21NO3.